The highest BCUT2D eigenvalue weighted by molar-refractivity contribution is 5.94. The molecule has 61 heavy (non-hydrogen) atoms. The van der Waals surface area contributed by atoms with Gasteiger partial charge in [0.15, 0.2) is 0 Å². The molecule has 4 heterocycles. The summed E-state index contributed by atoms with van der Waals surface area (Å²) in [6.07, 6.45) is 4.01. The first-order chi connectivity index (χ1) is 29.9. The number of nitrogens with one attached hydrogen (secondary N) is 1. The van der Waals surface area contributed by atoms with Crippen LogP contribution < -0.4 is 20.5 Å². The predicted molar refractivity (Wildman–Crippen MR) is 233 cm³/mol. The van der Waals surface area contributed by atoms with Gasteiger partial charge < -0.3 is 44.6 Å². The highest BCUT2D eigenvalue weighted by atomic mass is 16.5. The Bertz CT molecular complexity index is 1860. The minimum atomic E-state index is -0.931. The zero-order valence-electron chi connectivity index (χ0n) is 35.2. The number of hydrogen-bond donors (Lipinski definition) is 3. The maximum Gasteiger partial charge on any atom is 0.335 e. The van der Waals surface area contributed by atoms with E-state index in [0.29, 0.717) is 31.1 Å². The van der Waals surface area contributed by atoms with Crippen molar-refractivity contribution in [3.05, 3.63) is 131 Å². The molecule has 0 unspecified atom stereocenters. The van der Waals surface area contributed by atoms with Crippen molar-refractivity contribution in [2.45, 2.75) is 50.0 Å². The van der Waals surface area contributed by atoms with Gasteiger partial charge in [-0.15, -0.1) is 0 Å². The minimum Gasteiger partial charge on any atom is -0.489 e. The van der Waals surface area contributed by atoms with E-state index in [1.807, 2.05) is 84.9 Å². The molecular weight excluding hydrogens is 777 g/mol. The van der Waals surface area contributed by atoms with Gasteiger partial charge in [-0.05, 0) is 85.3 Å². The molecule has 328 valence electrons. The monoisotopic (exact) mass is 838 g/mol. The van der Waals surface area contributed by atoms with Crippen LogP contribution in [0.2, 0.25) is 0 Å². The summed E-state index contributed by atoms with van der Waals surface area (Å²) in [5, 5.41) is 11.9. The normalized spacial score (nSPS) is 18.8. The lowest BCUT2D eigenvalue weighted by Crippen LogP contribution is -2.61. The van der Waals surface area contributed by atoms with Crippen LogP contribution in [0.3, 0.4) is 0 Å². The quantitative estimate of drug-likeness (QED) is 0.152. The number of amides is 1. The Morgan fingerprint density at radius 1 is 0.557 bits per heavy atom. The summed E-state index contributed by atoms with van der Waals surface area (Å²) >= 11 is 0. The Kier molecular flexibility index (Phi) is 17.9. The second-order valence-electron chi connectivity index (χ2n) is 15.7. The molecule has 4 aromatic rings. The lowest BCUT2D eigenvalue weighted by atomic mass is 9.87. The van der Waals surface area contributed by atoms with Crippen LogP contribution in [0.5, 0.6) is 11.5 Å². The summed E-state index contributed by atoms with van der Waals surface area (Å²) in [5.74, 6) is 0.437. The van der Waals surface area contributed by atoms with Crippen LogP contribution >= 0.6 is 0 Å². The van der Waals surface area contributed by atoms with Gasteiger partial charge >= 0.3 is 5.97 Å². The predicted octanol–water partition coefficient (Wildman–Crippen LogP) is 5.67. The van der Waals surface area contributed by atoms with Crippen molar-refractivity contribution in [2.75, 3.05) is 92.1 Å². The molecule has 4 aromatic carbocycles. The summed E-state index contributed by atoms with van der Waals surface area (Å²) in [6.45, 7) is 12.6. The average molecular weight is 839 g/mol. The van der Waals surface area contributed by atoms with Crippen molar-refractivity contribution in [3.63, 3.8) is 0 Å². The number of rotatable bonds is 13. The van der Waals surface area contributed by atoms with Gasteiger partial charge in [-0.25, -0.2) is 4.79 Å². The number of hydrogen-bond acceptors (Lipinski definition) is 11. The lowest BCUT2D eigenvalue weighted by Gasteiger charge is -2.47. The molecule has 0 atom stereocenters. The number of nitrogens with zero attached hydrogens (tertiary/aromatic N) is 2. The molecule has 13 heteroatoms. The van der Waals surface area contributed by atoms with Gasteiger partial charge in [-0.2, -0.15) is 0 Å². The fraction of sp³-hybridized carbons (Fsp3) is 0.458. The van der Waals surface area contributed by atoms with E-state index in [1.54, 1.807) is 12.1 Å². The van der Waals surface area contributed by atoms with Crippen LogP contribution in [0.4, 0.5) is 0 Å². The molecule has 8 rings (SSSR count). The molecule has 0 spiro atoms. The summed E-state index contributed by atoms with van der Waals surface area (Å²) in [6, 6.07) is 33.6. The van der Waals surface area contributed by atoms with E-state index in [0.717, 1.165) is 128 Å². The first-order valence-electron chi connectivity index (χ1n) is 21.4. The fourth-order valence-electron chi connectivity index (χ4n) is 8.06. The van der Waals surface area contributed by atoms with Crippen molar-refractivity contribution in [1.29, 1.82) is 0 Å². The van der Waals surface area contributed by atoms with Gasteiger partial charge in [0.05, 0.1) is 32.0 Å². The van der Waals surface area contributed by atoms with Crippen molar-refractivity contribution < 1.29 is 43.1 Å². The molecule has 1 amide bonds. The SMILES string of the molecule is NCC1(N2CCOCC2)CCOCC1.O=C(NCC1(N2CCOCC2)CCOCC1)c1ccc(OCc2ccccc2)cc1.O=C(O)c1ccc(OCc2ccccc2)cc1. The van der Waals surface area contributed by atoms with Crippen LogP contribution in [0.25, 0.3) is 0 Å². The highest BCUT2D eigenvalue weighted by Gasteiger charge is 2.40. The van der Waals surface area contributed by atoms with Crippen molar-refractivity contribution >= 4 is 11.9 Å². The Hall–Kier alpha value is -4.86. The molecule has 4 N–H and O–H groups in total. The van der Waals surface area contributed by atoms with Crippen LogP contribution in [0, 0.1) is 0 Å². The van der Waals surface area contributed by atoms with E-state index in [4.69, 9.17) is 39.3 Å². The molecule has 4 aliphatic rings. The Morgan fingerprint density at radius 3 is 1.38 bits per heavy atom. The van der Waals surface area contributed by atoms with E-state index in [2.05, 4.69) is 15.1 Å². The lowest BCUT2D eigenvalue weighted by molar-refractivity contribution is -0.0693. The van der Waals surface area contributed by atoms with E-state index >= 15 is 0 Å². The number of carbonyl (C=O) groups excluding carboxylic acids is 1. The second kappa shape index (κ2) is 24.0. The molecule has 13 nitrogen and oxygen atoms in total. The molecule has 0 saturated carbocycles. The van der Waals surface area contributed by atoms with Gasteiger partial charge in [0.25, 0.3) is 5.91 Å². The second-order valence-corrected chi connectivity index (χ2v) is 15.7. The van der Waals surface area contributed by atoms with Crippen LogP contribution in [0.15, 0.2) is 109 Å². The third-order valence-electron chi connectivity index (χ3n) is 11.9. The van der Waals surface area contributed by atoms with E-state index < -0.39 is 5.97 Å². The van der Waals surface area contributed by atoms with Crippen molar-refractivity contribution in [1.82, 2.24) is 15.1 Å². The third-order valence-corrected chi connectivity index (χ3v) is 11.9. The zero-order valence-corrected chi connectivity index (χ0v) is 35.2. The molecule has 0 bridgehead atoms. The number of carboxylic acid groups (broad SMARTS) is 1. The zero-order chi connectivity index (χ0) is 42.6. The van der Waals surface area contributed by atoms with Gasteiger partial charge in [0, 0.05) is 82.3 Å². The van der Waals surface area contributed by atoms with Crippen molar-refractivity contribution in [3.8, 4) is 11.5 Å². The molecule has 0 radical (unpaired) electrons. The Morgan fingerprint density at radius 2 is 0.951 bits per heavy atom. The number of carboxylic acids is 1. The molecule has 4 aliphatic heterocycles. The third kappa shape index (κ3) is 13.8. The van der Waals surface area contributed by atoms with E-state index in [9.17, 15) is 9.59 Å². The van der Waals surface area contributed by atoms with Crippen LogP contribution in [-0.4, -0.2) is 130 Å². The van der Waals surface area contributed by atoms with Crippen LogP contribution in [0.1, 0.15) is 57.5 Å². The largest absolute Gasteiger partial charge is 0.489 e. The number of benzene rings is 4. The van der Waals surface area contributed by atoms with E-state index in [-0.39, 0.29) is 22.5 Å². The molecule has 4 saturated heterocycles. The van der Waals surface area contributed by atoms with E-state index in [1.165, 1.54) is 12.1 Å². The first kappa shape index (κ1) is 45.7. The fourth-order valence-corrected chi connectivity index (χ4v) is 8.06. The van der Waals surface area contributed by atoms with Crippen molar-refractivity contribution in [2.24, 2.45) is 5.73 Å². The topological polar surface area (TPSA) is 154 Å². The summed E-state index contributed by atoms with van der Waals surface area (Å²) in [4.78, 5) is 28.4. The highest BCUT2D eigenvalue weighted by Crippen LogP contribution is 2.29. The summed E-state index contributed by atoms with van der Waals surface area (Å²) < 4.78 is 33.2. The number of nitrogens with two attached hydrogens (primary N) is 1. The molecule has 4 fully saturated rings. The smallest absolute Gasteiger partial charge is 0.335 e. The average Bonchev–Trinajstić information content (AvgIpc) is 3.34. The molecule has 0 aliphatic carbocycles. The number of aromatic carboxylic acids is 1. The Balaban J connectivity index is 0.000000169. The van der Waals surface area contributed by atoms with Crippen LogP contribution in [-0.2, 0) is 32.2 Å². The van der Waals surface area contributed by atoms with Gasteiger partial charge in [0.2, 0.25) is 0 Å². The Labute approximate surface area is 360 Å². The summed E-state index contributed by atoms with van der Waals surface area (Å²) in [5.41, 5.74) is 9.18. The molecular formula is C48H62N4O9. The molecule has 0 aromatic heterocycles. The summed E-state index contributed by atoms with van der Waals surface area (Å²) in [7, 11) is 0. The number of ether oxygens (including phenoxy) is 6. The number of carbonyl (C=O) groups is 2. The maximum absolute atomic E-state index is 12.8. The van der Waals surface area contributed by atoms with Gasteiger partial charge in [-0.1, -0.05) is 60.7 Å². The first-order valence-corrected chi connectivity index (χ1v) is 21.4. The standard InChI is InChI=1S/C24H30N2O4.C14H12O3.C10H20N2O2/c27-23(21-6-8-22(9-7-21)30-18-20-4-2-1-3-5-20)25-19-24(10-14-28-15-11-24)26-12-16-29-17-13-26;15-14(16)12-6-8-13(9-7-12)17-10-11-4-2-1-3-5-11;11-9-10(1-5-13-6-2-10)12-3-7-14-8-4-12/h1-9H,10-19H2,(H,25,27);1-9H,10H2,(H,15,16);1-9,11H2. The maximum atomic E-state index is 12.8. The number of morpholine rings is 2. The minimum absolute atomic E-state index is 0.0452. The van der Waals surface area contributed by atoms with Gasteiger partial charge in [-0.3, -0.25) is 14.6 Å². The van der Waals surface area contributed by atoms with Gasteiger partial charge in [0.1, 0.15) is 24.7 Å².